The van der Waals surface area contributed by atoms with Gasteiger partial charge in [-0.15, -0.1) is 0 Å². The first-order valence-electron chi connectivity index (χ1n) is 13.8. The first-order valence-corrected chi connectivity index (χ1v) is 16.5. The number of halogens is 4. The molecule has 4 rings (SSSR count). The summed E-state index contributed by atoms with van der Waals surface area (Å²) in [7, 11) is -2.97. The molecule has 1 amide bonds. The fourth-order valence-electron chi connectivity index (χ4n) is 6.10. The van der Waals surface area contributed by atoms with Gasteiger partial charge in [-0.05, 0) is 48.4 Å². The van der Waals surface area contributed by atoms with E-state index in [1.807, 2.05) is 20.8 Å². The van der Waals surface area contributed by atoms with E-state index in [2.05, 4.69) is 16.1 Å². The van der Waals surface area contributed by atoms with Crippen molar-refractivity contribution in [2.45, 2.75) is 88.8 Å². The molecular formula is C30H38Cl2F2N4O3S. The van der Waals surface area contributed by atoms with E-state index in [9.17, 15) is 18.5 Å². The SMILES string of the molecule is CC(C)(C)CC1N[C@@H](C(N)=O)C(c2cccc(Cl)c2F)[C@@]1(C#N)c1ccc(Cl)cc1F.CS(=O)(=O)NC1CCCCC1. The van der Waals surface area contributed by atoms with E-state index in [1.54, 1.807) is 0 Å². The highest BCUT2D eigenvalue weighted by atomic mass is 35.5. The van der Waals surface area contributed by atoms with Crippen LogP contribution in [0.3, 0.4) is 0 Å². The fourth-order valence-corrected chi connectivity index (χ4v) is 7.28. The quantitative estimate of drug-likeness (QED) is 0.359. The van der Waals surface area contributed by atoms with Gasteiger partial charge in [-0.25, -0.2) is 21.9 Å². The molecule has 42 heavy (non-hydrogen) atoms. The zero-order chi connectivity index (χ0) is 31.5. The number of nitrogens with zero attached hydrogens (tertiary/aromatic N) is 1. The molecule has 2 unspecified atom stereocenters. The Morgan fingerprint density at radius 1 is 1.17 bits per heavy atom. The molecule has 1 heterocycles. The summed E-state index contributed by atoms with van der Waals surface area (Å²) < 4.78 is 54.6. The van der Waals surface area contributed by atoms with Crippen LogP contribution in [0.4, 0.5) is 8.78 Å². The molecule has 1 saturated heterocycles. The Bertz CT molecular complexity index is 1440. The average molecular weight is 644 g/mol. The Balaban J connectivity index is 0.000000369. The highest BCUT2D eigenvalue weighted by Gasteiger charge is 2.60. The van der Waals surface area contributed by atoms with E-state index in [0.29, 0.717) is 6.42 Å². The minimum atomic E-state index is -2.97. The van der Waals surface area contributed by atoms with Crippen molar-refractivity contribution in [2.75, 3.05) is 6.26 Å². The third kappa shape index (κ3) is 8.00. The molecule has 4 N–H and O–H groups in total. The van der Waals surface area contributed by atoms with E-state index in [4.69, 9.17) is 28.9 Å². The Kier molecular flexibility index (Phi) is 11.0. The summed E-state index contributed by atoms with van der Waals surface area (Å²) >= 11 is 12.0. The van der Waals surface area contributed by atoms with E-state index < -0.39 is 51.0 Å². The Morgan fingerprint density at radius 2 is 1.81 bits per heavy atom. The molecule has 2 fully saturated rings. The van der Waals surface area contributed by atoms with Gasteiger partial charge >= 0.3 is 0 Å². The fraction of sp³-hybridized carbons (Fsp3) is 0.533. The third-order valence-corrected chi connectivity index (χ3v) is 9.03. The monoisotopic (exact) mass is 642 g/mol. The number of primary amides is 1. The second-order valence-corrected chi connectivity index (χ2v) is 14.9. The van der Waals surface area contributed by atoms with E-state index >= 15 is 8.78 Å². The van der Waals surface area contributed by atoms with Gasteiger partial charge in [0.25, 0.3) is 0 Å². The lowest BCUT2D eigenvalue weighted by atomic mass is 9.62. The summed E-state index contributed by atoms with van der Waals surface area (Å²) in [6.07, 6.45) is 7.20. The first-order chi connectivity index (χ1) is 19.5. The molecule has 0 radical (unpaired) electrons. The van der Waals surface area contributed by atoms with Gasteiger partial charge in [-0.3, -0.25) is 4.79 Å². The summed E-state index contributed by atoms with van der Waals surface area (Å²) in [5.74, 6) is -3.37. The van der Waals surface area contributed by atoms with Gasteiger partial charge in [0.2, 0.25) is 15.9 Å². The van der Waals surface area contributed by atoms with Gasteiger partial charge < -0.3 is 11.1 Å². The van der Waals surface area contributed by atoms with E-state index in [-0.39, 0.29) is 32.6 Å². The van der Waals surface area contributed by atoms with Crippen molar-refractivity contribution < 1.29 is 22.0 Å². The van der Waals surface area contributed by atoms with Crippen molar-refractivity contribution in [1.29, 1.82) is 5.26 Å². The summed E-state index contributed by atoms with van der Waals surface area (Å²) in [4.78, 5) is 12.4. The summed E-state index contributed by atoms with van der Waals surface area (Å²) in [5.41, 5.74) is 3.78. The smallest absolute Gasteiger partial charge is 0.235 e. The Morgan fingerprint density at radius 3 is 2.33 bits per heavy atom. The van der Waals surface area contributed by atoms with Crippen LogP contribution in [0.1, 0.15) is 76.3 Å². The molecule has 7 nitrogen and oxygen atoms in total. The molecule has 0 spiro atoms. The normalized spacial score (nSPS) is 24.9. The van der Waals surface area contributed by atoms with Gasteiger partial charge in [-0.1, -0.05) is 81.4 Å². The van der Waals surface area contributed by atoms with Crippen LogP contribution in [0, 0.1) is 28.4 Å². The van der Waals surface area contributed by atoms with Crippen molar-refractivity contribution in [3.05, 3.63) is 69.2 Å². The lowest BCUT2D eigenvalue weighted by molar-refractivity contribution is -0.120. The van der Waals surface area contributed by atoms with Crippen LogP contribution in [0.5, 0.6) is 0 Å². The van der Waals surface area contributed by atoms with Crippen LogP contribution in [-0.2, 0) is 20.2 Å². The minimum Gasteiger partial charge on any atom is -0.368 e. The number of hydrogen-bond acceptors (Lipinski definition) is 5. The molecule has 2 aromatic rings. The second kappa shape index (κ2) is 13.6. The molecule has 2 aliphatic rings. The molecule has 1 saturated carbocycles. The van der Waals surface area contributed by atoms with Crippen LogP contribution in [0.15, 0.2) is 36.4 Å². The number of amides is 1. The zero-order valence-corrected chi connectivity index (χ0v) is 26.5. The summed E-state index contributed by atoms with van der Waals surface area (Å²) in [5, 5.41) is 13.6. The minimum absolute atomic E-state index is 0.0225. The molecule has 1 aliphatic heterocycles. The van der Waals surface area contributed by atoms with Crippen molar-refractivity contribution in [3.8, 4) is 6.07 Å². The molecule has 0 aromatic heterocycles. The first kappa shape index (κ1) is 34.2. The average Bonchev–Trinajstić information content (AvgIpc) is 3.19. The number of nitriles is 1. The molecular weight excluding hydrogens is 605 g/mol. The lowest BCUT2D eigenvalue weighted by Crippen LogP contribution is -2.45. The van der Waals surface area contributed by atoms with Crippen molar-refractivity contribution in [2.24, 2.45) is 11.1 Å². The van der Waals surface area contributed by atoms with Crippen LogP contribution < -0.4 is 15.8 Å². The van der Waals surface area contributed by atoms with Crippen molar-refractivity contribution >= 4 is 39.1 Å². The van der Waals surface area contributed by atoms with Crippen LogP contribution in [-0.4, -0.2) is 38.7 Å². The van der Waals surface area contributed by atoms with Crippen LogP contribution in [0.25, 0.3) is 0 Å². The summed E-state index contributed by atoms with van der Waals surface area (Å²) in [6.45, 7) is 5.88. The Labute approximate surface area is 257 Å². The van der Waals surface area contributed by atoms with Crippen LogP contribution in [0.2, 0.25) is 10.0 Å². The number of benzene rings is 2. The van der Waals surface area contributed by atoms with Gasteiger partial charge in [0, 0.05) is 28.6 Å². The van der Waals surface area contributed by atoms with E-state index in [0.717, 1.165) is 31.7 Å². The van der Waals surface area contributed by atoms with Gasteiger partial charge in [-0.2, -0.15) is 5.26 Å². The predicted molar refractivity (Wildman–Crippen MR) is 162 cm³/mol. The number of nitrogens with one attached hydrogen (secondary N) is 2. The predicted octanol–water partition coefficient (Wildman–Crippen LogP) is 5.95. The highest BCUT2D eigenvalue weighted by Crippen LogP contribution is 2.52. The second-order valence-electron chi connectivity index (χ2n) is 12.3. The van der Waals surface area contributed by atoms with Crippen molar-refractivity contribution in [1.82, 2.24) is 10.0 Å². The summed E-state index contributed by atoms with van der Waals surface area (Å²) in [6, 6.07) is 8.96. The highest BCUT2D eigenvalue weighted by molar-refractivity contribution is 7.88. The largest absolute Gasteiger partial charge is 0.368 e. The molecule has 12 heteroatoms. The van der Waals surface area contributed by atoms with Gasteiger partial charge in [0.15, 0.2) is 0 Å². The standard InChI is InChI=1S/C23H23Cl2F2N3O.C7H15NO2S/c1-22(2,3)10-17-23(11-28,14-8-7-12(24)9-16(14)26)18(20(30-17)21(29)31)13-5-4-6-15(25)19(13)27;1-11(9,10)8-7-5-3-2-4-6-7/h4-9,17-18,20,30H,10H2,1-3H3,(H2,29,31);7-8H,2-6H2,1H3/t17?,18?,20-,23+;/m1./s1. The van der Waals surface area contributed by atoms with Gasteiger partial charge in [0.1, 0.15) is 17.0 Å². The lowest BCUT2D eigenvalue weighted by Gasteiger charge is -2.37. The molecule has 2 aromatic carbocycles. The van der Waals surface area contributed by atoms with Crippen molar-refractivity contribution in [3.63, 3.8) is 0 Å². The molecule has 0 bridgehead atoms. The number of carbonyl (C=O) groups excluding carboxylic acids is 1. The number of sulfonamides is 1. The maximum Gasteiger partial charge on any atom is 0.235 e. The topological polar surface area (TPSA) is 125 Å². The maximum atomic E-state index is 15.2. The van der Waals surface area contributed by atoms with E-state index in [1.165, 1.54) is 43.0 Å². The Hall–Kier alpha value is -2.29. The molecule has 1 aliphatic carbocycles. The number of nitrogens with two attached hydrogens (primary N) is 1. The van der Waals surface area contributed by atoms with Crippen LogP contribution >= 0.6 is 23.2 Å². The number of carbonyl (C=O) groups is 1. The van der Waals surface area contributed by atoms with Gasteiger partial charge in [0.05, 0.1) is 23.4 Å². The third-order valence-electron chi connectivity index (χ3n) is 7.74. The maximum absolute atomic E-state index is 15.2. The number of hydrogen-bond donors (Lipinski definition) is 3. The molecule has 230 valence electrons. The zero-order valence-electron chi connectivity index (χ0n) is 24.2. The number of rotatable bonds is 6. The molecule has 4 atom stereocenters.